The summed E-state index contributed by atoms with van der Waals surface area (Å²) in [6.45, 7) is 1.20. The number of alkyl halides is 3. The molecule has 7 heteroatoms. The highest BCUT2D eigenvalue weighted by atomic mass is 35.6. The van der Waals surface area contributed by atoms with Gasteiger partial charge in [0.1, 0.15) is 6.61 Å². The molecule has 1 aliphatic heterocycles. The first-order chi connectivity index (χ1) is 10.9. The topological polar surface area (TPSA) is 29.5 Å². The van der Waals surface area contributed by atoms with Crippen molar-refractivity contribution >= 4 is 53.5 Å². The summed E-state index contributed by atoms with van der Waals surface area (Å²) in [6, 6.07) is 12.0. The Kier molecular flexibility index (Phi) is 10.2. The first-order valence-corrected chi connectivity index (χ1v) is 9.28. The van der Waals surface area contributed by atoms with E-state index in [9.17, 15) is 4.79 Å². The molecule has 0 N–H and O–H groups in total. The second kappa shape index (κ2) is 11.3. The van der Waals surface area contributed by atoms with Gasteiger partial charge in [0, 0.05) is 13.1 Å². The minimum absolute atomic E-state index is 0.215. The Morgan fingerprint density at radius 2 is 1.57 bits per heavy atom. The number of carbonyl (C=O) groups excluding carboxylic acids is 1. The van der Waals surface area contributed by atoms with Crippen molar-refractivity contribution in [3.8, 4) is 0 Å². The molecule has 0 atom stereocenters. The minimum Gasteiger partial charge on any atom is -0.445 e. The highest BCUT2D eigenvalue weighted by Crippen LogP contribution is 2.27. The zero-order valence-electron chi connectivity index (χ0n) is 12.8. The Labute approximate surface area is 158 Å². The molecule has 0 aromatic heterocycles. The number of halogens is 3. The Bertz CT molecular complexity index is 408. The SMILES string of the molecule is O=C(OCC(Cl)(Cl)Cl)N1CCC(CCS)CC1.c1ccccc1. The molecule has 0 saturated carbocycles. The number of hydrogen-bond donors (Lipinski definition) is 1. The lowest BCUT2D eigenvalue weighted by molar-refractivity contribution is 0.0889. The third kappa shape index (κ3) is 10.2. The number of amides is 1. The van der Waals surface area contributed by atoms with Crippen molar-refractivity contribution in [2.24, 2.45) is 5.92 Å². The van der Waals surface area contributed by atoms with E-state index in [2.05, 4.69) is 12.6 Å². The molecule has 1 saturated heterocycles. The summed E-state index contributed by atoms with van der Waals surface area (Å²) in [5.41, 5.74) is 0. The lowest BCUT2D eigenvalue weighted by Crippen LogP contribution is -2.39. The van der Waals surface area contributed by atoms with Crippen LogP contribution in [-0.4, -0.2) is 40.2 Å². The van der Waals surface area contributed by atoms with Crippen molar-refractivity contribution in [1.82, 2.24) is 4.90 Å². The molecule has 130 valence electrons. The standard InChI is InChI=1S/C10H16Cl3NO2S.C6H6/c11-10(12,13)7-16-9(15)14-4-1-8(2-5-14)3-6-17;1-2-4-6-5-3-1/h8,17H,1-7H2;1-6H. The van der Waals surface area contributed by atoms with E-state index in [1.54, 1.807) is 4.90 Å². The molecule has 23 heavy (non-hydrogen) atoms. The number of hydrogen-bond acceptors (Lipinski definition) is 3. The Hall–Kier alpha value is -0.290. The highest BCUT2D eigenvalue weighted by molar-refractivity contribution is 7.80. The predicted octanol–water partition coefficient (Wildman–Crippen LogP) is 5.21. The monoisotopic (exact) mass is 397 g/mol. The van der Waals surface area contributed by atoms with Crippen molar-refractivity contribution in [3.63, 3.8) is 0 Å². The smallest absolute Gasteiger partial charge is 0.409 e. The van der Waals surface area contributed by atoms with Gasteiger partial charge in [-0.1, -0.05) is 71.2 Å². The summed E-state index contributed by atoms with van der Waals surface area (Å²) in [5, 5.41) is 0. The Balaban J connectivity index is 0.000000366. The van der Waals surface area contributed by atoms with E-state index in [-0.39, 0.29) is 6.61 Å². The lowest BCUT2D eigenvalue weighted by atomic mass is 9.95. The predicted molar refractivity (Wildman–Crippen MR) is 101 cm³/mol. The van der Waals surface area contributed by atoms with Crippen LogP contribution in [0.1, 0.15) is 19.3 Å². The molecule has 1 amide bonds. The van der Waals surface area contributed by atoms with Crippen molar-refractivity contribution in [1.29, 1.82) is 0 Å². The van der Waals surface area contributed by atoms with Gasteiger partial charge in [0.15, 0.2) is 0 Å². The van der Waals surface area contributed by atoms with Gasteiger partial charge in [-0.25, -0.2) is 4.79 Å². The van der Waals surface area contributed by atoms with Crippen molar-refractivity contribution in [3.05, 3.63) is 36.4 Å². The van der Waals surface area contributed by atoms with Crippen LogP contribution < -0.4 is 0 Å². The second-order valence-electron chi connectivity index (χ2n) is 5.27. The number of ether oxygens (including phenoxy) is 1. The molecule has 0 aliphatic carbocycles. The normalized spacial score (nSPS) is 15.6. The van der Waals surface area contributed by atoms with E-state index in [0.29, 0.717) is 19.0 Å². The van der Waals surface area contributed by atoms with Crippen LogP contribution in [-0.2, 0) is 4.74 Å². The Morgan fingerprint density at radius 1 is 1.09 bits per heavy atom. The van der Waals surface area contributed by atoms with E-state index in [0.717, 1.165) is 25.0 Å². The van der Waals surface area contributed by atoms with Crippen LogP contribution in [0.25, 0.3) is 0 Å². The maximum Gasteiger partial charge on any atom is 0.409 e. The summed E-state index contributed by atoms with van der Waals surface area (Å²) in [7, 11) is 0. The van der Waals surface area contributed by atoms with Gasteiger partial charge in [0.25, 0.3) is 0 Å². The highest BCUT2D eigenvalue weighted by Gasteiger charge is 2.27. The fourth-order valence-electron chi connectivity index (χ4n) is 2.21. The second-order valence-corrected chi connectivity index (χ2v) is 8.23. The maximum atomic E-state index is 11.6. The third-order valence-corrected chi connectivity index (χ3v) is 4.02. The van der Waals surface area contributed by atoms with Crippen LogP contribution in [0.2, 0.25) is 0 Å². The molecule has 0 radical (unpaired) electrons. The molecular formula is C16H22Cl3NO2S. The summed E-state index contributed by atoms with van der Waals surface area (Å²) >= 11 is 20.7. The number of carbonyl (C=O) groups is 1. The molecular weight excluding hydrogens is 377 g/mol. The van der Waals surface area contributed by atoms with Gasteiger partial charge in [0.05, 0.1) is 0 Å². The van der Waals surface area contributed by atoms with Crippen LogP contribution in [0.3, 0.4) is 0 Å². The van der Waals surface area contributed by atoms with E-state index in [4.69, 9.17) is 39.5 Å². The molecule has 3 nitrogen and oxygen atoms in total. The summed E-state index contributed by atoms with van der Waals surface area (Å²) in [4.78, 5) is 13.3. The molecule has 1 aromatic rings. The largest absolute Gasteiger partial charge is 0.445 e. The molecule has 1 fully saturated rings. The summed E-state index contributed by atoms with van der Waals surface area (Å²) < 4.78 is 3.38. The number of rotatable bonds is 3. The van der Waals surface area contributed by atoms with Crippen LogP contribution in [0, 0.1) is 5.92 Å². The molecule has 0 bridgehead atoms. The van der Waals surface area contributed by atoms with E-state index >= 15 is 0 Å². The Morgan fingerprint density at radius 3 is 1.96 bits per heavy atom. The van der Waals surface area contributed by atoms with Crippen LogP contribution in [0.15, 0.2) is 36.4 Å². The van der Waals surface area contributed by atoms with Crippen LogP contribution in [0.5, 0.6) is 0 Å². The van der Waals surface area contributed by atoms with Gasteiger partial charge in [-0.3, -0.25) is 0 Å². The quantitative estimate of drug-likeness (QED) is 0.559. The van der Waals surface area contributed by atoms with E-state index < -0.39 is 9.89 Å². The van der Waals surface area contributed by atoms with Crippen LogP contribution in [0.4, 0.5) is 4.79 Å². The molecule has 1 heterocycles. The van der Waals surface area contributed by atoms with Crippen molar-refractivity contribution < 1.29 is 9.53 Å². The summed E-state index contributed by atoms with van der Waals surface area (Å²) in [5.74, 6) is 1.55. The maximum absolute atomic E-state index is 11.6. The zero-order chi connectivity index (χ0) is 17.1. The van der Waals surface area contributed by atoms with Gasteiger partial charge in [-0.2, -0.15) is 12.6 Å². The van der Waals surface area contributed by atoms with Gasteiger partial charge in [-0.05, 0) is 30.9 Å². The van der Waals surface area contributed by atoms with Gasteiger partial charge in [-0.15, -0.1) is 0 Å². The van der Waals surface area contributed by atoms with Gasteiger partial charge < -0.3 is 9.64 Å². The number of benzene rings is 1. The van der Waals surface area contributed by atoms with Crippen molar-refractivity contribution in [2.75, 3.05) is 25.4 Å². The van der Waals surface area contributed by atoms with Gasteiger partial charge in [0.2, 0.25) is 3.79 Å². The fraction of sp³-hybridized carbons (Fsp3) is 0.562. The molecule has 0 unspecified atom stereocenters. The molecule has 1 aromatic carbocycles. The van der Waals surface area contributed by atoms with Crippen LogP contribution >= 0.6 is 47.4 Å². The number of nitrogens with zero attached hydrogens (tertiary/aromatic N) is 1. The fourth-order valence-corrected chi connectivity index (χ4v) is 2.74. The lowest BCUT2D eigenvalue weighted by Gasteiger charge is -2.31. The van der Waals surface area contributed by atoms with Crippen molar-refractivity contribution in [2.45, 2.75) is 23.1 Å². The summed E-state index contributed by atoms with van der Waals surface area (Å²) in [6.07, 6.45) is 2.67. The average Bonchev–Trinajstić information content (AvgIpc) is 2.55. The molecule has 0 spiro atoms. The minimum atomic E-state index is -1.54. The van der Waals surface area contributed by atoms with Gasteiger partial charge >= 0.3 is 6.09 Å². The van der Waals surface area contributed by atoms with E-state index in [1.807, 2.05) is 36.4 Å². The van der Waals surface area contributed by atoms with E-state index in [1.165, 1.54) is 0 Å². The number of piperidine rings is 1. The zero-order valence-corrected chi connectivity index (χ0v) is 16.0. The average molecular weight is 399 g/mol. The third-order valence-electron chi connectivity index (χ3n) is 3.44. The number of likely N-dealkylation sites (tertiary alicyclic amines) is 1. The molecule has 1 aliphatic rings. The first-order valence-electron chi connectivity index (χ1n) is 7.51. The first kappa shape index (κ1) is 20.8. The number of thiol groups is 1. The molecule has 2 rings (SSSR count).